The smallest absolute Gasteiger partial charge is 0.0480 e. The highest BCUT2D eigenvalue weighted by atomic mass is 35.5. The zero-order chi connectivity index (χ0) is 7.56. The van der Waals surface area contributed by atoms with Gasteiger partial charge in [-0.3, -0.25) is 0 Å². The fourth-order valence-electron chi connectivity index (χ4n) is 0.866. The van der Waals surface area contributed by atoms with Gasteiger partial charge in [0, 0.05) is 11.6 Å². The van der Waals surface area contributed by atoms with Gasteiger partial charge in [0.15, 0.2) is 0 Å². The Labute approximate surface area is 78.0 Å². The summed E-state index contributed by atoms with van der Waals surface area (Å²) < 4.78 is 0. The molecule has 0 saturated carbocycles. The van der Waals surface area contributed by atoms with Gasteiger partial charge < -0.3 is 5.73 Å². The highest BCUT2D eigenvalue weighted by Crippen LogP contribution is 2.18. The summed E-state index contributed by atoms with van der Waals surface area (Å²) in [5.41, 5.74) is 7.54. The van der Waals surface area contributed by atoms with Crippen molar-refractivity contribution in [2.75, 3.05) is 0 Å². The second-order valence-corrected chi connectivity index (χ2v) is 2.63. The van der Waals surface area contributed by atoms with Crippen molar-refractivity contribution in [1.29, 1.82) is 0 Å². The predicted molar refractivity (Wildman–Crippen MR) is 51.3 cm³/mol. The molecule has 3 heteroatoms. The Hall–Kier alpha value is -0.240. The first-order valence-corrected chi connectivity index (χ1v) is 3.57. The summed E-state index contributed by atoms with van der Waals surface area (Å²) in [5.74, 6) is 0. The van der Waals surface area contributed by atoms with Gasteiger partial charge in [-0.2, -0.15) is 0 Å². The lowest BCUT2D eigenvalue weighted by Gasteiger charge is -2.01. The van der Waals surface area contributed by atoms with E-state index in [1.807, 2.05) is 25.1 Å². The van der Waals surface area contributed by atoms with E-state index in [9.17, 15) is 0 Å². The standard InChI is InChI=1S/C8H10ClN.ClH/c1-6-3-2-4-7(5-10)8(6)9;/h2-4H,5,10H2,1H3;1H. The van der Waals surface area contributed by atoms with Crippen LogP contribution in [0.1, 0.15) is 11.1 Å². The number of aryl methyl sites for hydroxylation is 1. The van der Waals surface area contributed by atoms with Crippen LogP contribution in [-0.4, -0.2) is 0 Å². The molecule has 62 valence electrons. The molecule has 1 aromatic rings. The first-order valence-electron chi connectivity index (χ1n) is 3.19. The molecule has 11 heavy (non-hydrogen) atoms. The van der Waals surface area contributed by atoms with E-state index in [1.54, 1.807) is 0 Å². The van der Waals surface area contributed by atoms with Crippen LogP contribution < -0.4 is 5.73 Å². The fraction of sp³-hybridized carbons (Fsp3) is 0.250. The van der Waals surface area contributed by atoms with Gasteiger partial charge in [-0.1, -0.05) is 29.8 Å². The van der Waals surface area contributed by atoms with Crippen LogP contribution in [0.4, 0.5) is 0 Å². The Morgan fingerprint density at radius 3 is 2.55 bits per heavy atom. The zero-order valence-electron chi connectivity index (χ0n) is 6.30. The summed E-state index contributed by atoms with van der Waals surface area (Å²) in [5, 5.41) is 0.796. The number of nitrogens with two attached hydrogens (primary N) is 1. The van der Waals surface area contributed by atoms with Crippen molar-refractivity contribution in [3.8, 4) is 0 Å². The molecule has 0 aliphatic rings. The van der Waals surface area contributed by atoms with Crippen LogP contribution in [0.25, 0.3) is 0 Å². The van der Waals surface area contributed by atoms with Gasteiger partial charge in [0.2, 0.25) is 0 Å². The molecule has 1 rings (SSSR count). The summed E-state index contributed by atoms with van der Waals surface area (Å²) >= 11 is 5.91. The molecule has 0 fully saturated rings. The largest absolute Gasteiger partial charge is 0.326 e. The van der Waals surface area contributed by atoms with Crippen molar-refractivity contribution in [3.05, 3.63) is 34.3 Å². The van der Waals surface area contributed by atoms with Crippen molar-refractivity contribution in [2.45, 2.75) is 13.5 Å². The van der Waals surface area contributed by atoms with Gasteiger partial charge in [-0.15, -0.1) is 12.4 Å². The molecule has 0 aliphatic heterocycles. The van der Waals surface area contributed by atoms with Crippen molar-refractivity contribution in [3.63, 3.8) is 0 Å². The Balaban J connectivity index is 0.000001000. The van der Waals surface area contributed by atoms with Crippen molar-refractivity contribution in [1.82, 2.24) is 0 Å². The average molecular weight is 192 g/mol. The molecule has 1 aromatic carbocycles. The third-order valence-electron chi connectivity index (χ3n) is 1.49. The molecule has 0 aromatic heterocycles. The average Bonchev–Trinajstić information content (AvgIpc) is 1.95. The second-order valence-electron chi connectivity index (χ2n) is 2.25. The van der Waals surface area contributed by atoms with Crippen LogP contribution in [0, 0.1) is 6.92 Å². The number of halogens is 2. The summed E-state index contributed by atoms with van der Waals surface area (Å²) in [4.78, 5) is 0. The monoisotopic (exact) mass is 191 g/mol. The van der Waals surface area contributed by atoms with Crippen molar-refractivity contribution >= 4 is 24.0 Å². The van der Waals surface area contributed by atoms with E-state index in [4.69, 9.17) is 17.3 Å². The van der Waals surface area contributed by atoms with Crippen LogP contribution in [0.2, 0.25) is 5.02 Å². The molecule has 0 unspecified atom stereocenters. The minimum absolute atomic E-state index is 0. The second kappa shape index (κ2) is 4.60. The van der Waals surface area contributed by atoms with Crippen molar-refractivity contribution < 1.29 is 0 Å². The maximum absolute atomic E-state index is 5.91. The predicted octanol–water partition coefficient (Wildman–Crippen LogP) is 2.53. The number of benzene rings is 1. The minimum Gasteiger partial charge on any atom is -0.326 e. The molecular weight excluding hydrogens is 181 g/mol. The number of rotatable bonds is 1. The number of hydrogen-bond donors (Lipinski definition) is 1. The van der Waals surface area contributed by atoms with Gasteiger partial charge in [-0.25, -0.2) is 0 Å². The lowest BCUT2D eigenvalue weighted by Crippen LogP contribution is -1.97. The minimum atomic E-state index is 0. The van der Waals surface area contributed by atoms with E-state index >= 15 is 0 Å². The molecule has 0 atom stereocenters. The maximum Gasteiger partial charge on any atom is 0.0480 e. The first-order chi connectivity index (χ1) is 4.75. The van der Waals surface area contributed by atoms with Gasteiger partial charge in [0.25, 0.3) is 0 Å². The molecule has 0 saturated heterocycles. The molecule has 0 bridgehead atoms. The molecule has 1 nitrogen and oxygen atoms in total. The first kappa shape index (κ1) is 10.8. The van der Waals surface area contributed by atoms with Gasteiger partial charge >= 0.3 is 0 Å². The summed E-state index contributed by atoms with van der Waals surface area (Å²) in [6.45, 7) is 2.49. The topological polar surface area (TPSA) is 26.0 Å². The maximum atomic E-state index is 5.91. The van der Waals surface area contributed by atoms with Crippen LogP contribution in [0.5, 0.6) is 0 Å². The van der Waals surface area contributed by atoms with Gasteiger partial charge in [0.05, 0.1) is 0 Å². The zero-order valence-corrected chi connectivity index (χ0v) is 7.88. The van der Waals surface area contributed by atoms with Crippen LogP contribution >= 0.6 is 24.0 Å². The van der Waals surface area contributed by atoms with E-state index in [-0.39, 0.29) is 12.4 Å². The lowest BCUT2D eigenvalue weighted by molar-refractivity contribution is 1.07. The Kier molecular flexibility index (Phi) is 4.50. The lowest BCUT2D eigenvalue weighted by atomic mass is 10.1. The molecule has 2 N–H and O–H groups in total. The van der Waals surface area contributed by atoms with E-state index in [1.165, 1.54) is 0 Å². The summed E-state index contributed by atoms with van der Waals surface area (Å²) in [7, 11) is 0. The molecular formula is C8H11Cl2N. The molecule has 0 heterocycles. The number of hydrogen-bond acceptors (Lipinski definition) is 1. The Morgan fingerprint density at radius 2 is 2.09 bits per heavy atom. The third-order valence-corrected chi connectivity index (χ3v) is 2.03. The van der Waals surface area contributed by atoms with Crippen LogP contribution in [-0.2, 0) is 6.54 Å². The highest BCUT2D eigenvalue weighted by molar-refractivity contribution is 6.32. The highest BCUT2D eigenvalue weighted by Gasteiger charge is 1.98. The summed E-state index contributed by atoms with van der Waals surface area (Å²) in [6, 6.07) is 5.88. The van der Waals surface area contributed by atoms with Crippen molar-refractivity contribution in [2.24, 2.45) is 5.73 Å². The SMILES string of the molecule is Cc1cccc(CN)c1Cl.Cl. The quantitative estimate of drug-likeness (QED) is 0.726. The molecule has 0 aliphatic carbocycles. The Bertz CT molecular complexity index is 236. The normalized spacial score (nSPS) is 9.00. The fourth-order valence-corrected chi connectivity index (χ4v) is 1.07. The summed E-state index contributed by atoms with van der Waals surface area (Å²) in [6.07, 6.45) is 0. The Morgan fingerprint density at radius 1 is 1.45 bits per heavy atom. The van der Waals surface area contributed by atoms with E-state index in [0.29, 0.717) is 6.54 Å². The van der Waals surface area contributed by atoms with Gasteiger partial charge in [0.1, 0.15) is 0 Å². The van der Waals surface area contributed by atoms with E-state index < -0.39 is 0 Å². The third kappa shape index (κ3) is 2.37. The van der Waals surface area contributed by atoms with Crippen LogP contribution in [0.3, 0.4) is 0 Å². The van der Waals surface area contributed by atoms with Crippen LogP contribution in [0.15, 0.2) is 18.2 Å². The van der Waals surface area contributed by atoms with E-state index in [2.05, 4.69) is 0 Å². The van der Waals surface area contributed by atoms with E-state index in [0.717, 1.165) is 16.1 Å². The van der Waals surface area contributed by atoms with Gasteiger partial charge in [-0.05, 0) is 18.1 Å². The molecule has 0 radical (unpaired) electrons. The molecule has 0 amide bonds. The molecule has 0 spiro atoms.